The molecule has 2 nitrogen and oxygen atoms in total. The van der Waals surface area contributed by atoms with Crippen molar-refractivity contribution in [3.05, 3.63) is 0 Å². The summed E-state index contributed by atoms with van der Waals surface area (Å²) in [5.41, 5.74) is 6.45. The molecule has 0 amide bonds. The topological polar surface area (TPSA) is 29.3 Å². The molecule has 1 saturated carbocycles. The van der Waals surface area contributed by atoms with Crippen molar-refractivity contribution in [1.82, 2.24) is 4.90 Å². The molecular weight excluding hydrogens is 208 g/mol. The highest BCUT2D eigenvalue weighted by molar-refractivity contribution is 4.89. The summed E-state index contributed by atoms with van der Waals surface area (Å²) in [6, 6.07) is 1.83. The molecule has 1 heterocycles. The SMILES string of the molecule is CC1CCC(C)N(C2CCCCCCC2N)C1. The Morgan fingerprint density at radius 2 is 1.59 bits per heavy atom. The van der Waals surface area contributed by atoms with Gasteiger partial charge in [0.05, 0.1) is 0 Å². The second kappa shape index (κ2) is 6.19. The first-order valence-electron chi connectivity index (χ1n) is 7.70. The molecule has 4 atom stereocenters. The average Bonchev–Trinajstić information content (AvgIpc) is 2.28. The number of rotatable bonds is 1. The van der Waals surface area contributed by atoms with Gasteiger partial charge in [0.25, 0.3) is 0 Å². The molecule has 4 unspecified atom stereocenters. The van der Waals surface area contributed by atoms with E-state index >= 15 is 0 Å². The molecule has 2 fully saturated rings. The van der Waals surface area contributed by atoms with Crippen LogP contribution in [0.3, 0.4) is 0 Å². The van der Waals surface area contributed by atoms with Crippen LogP contribution in [0.1, 0.15) is 65.2 Å². The number of hydrogen-bond donors (Lipinski definition) is 1. The predicted molar refractivity (Wildman–Crippen MR) is 74.0 cm³/mol. The van der Waals surface area contributed by atoms with E-state index in [1.165, 1.54) is 57.9 Å². The van der Waals surface area contributed by atoms with Crippen LogP contribution in [0.15, 0.2) is 0 Å². The lowest BCUT2D eigenvalue weighted by Crippen LogP contribution is -2.54. The second-order valence-electron chi connectivity index (χ2n) is 6.45. The fraction of sp³-hybridized carbons (Fsp3) is 1.00. The van der Waals surface area contributed by atoms with Gasteiger partial charge in [-0.2, -0.15) is 0 Å². The van der Waals surface area contributed by atoms with Crippen molar-refractivity contribution in [3.8, 4) is 0 Å². The highest BCUT2D eigenvalue weighted by Crippen LogP contribution is 2.28. The van der Waals surface area contributed by atoms with Crippen LogP contribution in [-0.4, -0.2) is 29.6 Å². The Labute approximate surface area is 107 Å². The molecule has 1 aliphatic heterocycles. The molecule has 0 bridgehead atoms. The molecule has 2 heteroatoms. The van der Waals surface area contributed by atoms with E-state index in [1.807, 2.05) is 0 Å². The molecule has 0 aromatic rings. The quantitative estimate of drug-likeness (QED) is 0.760. The molecule has 2 N–H and O–H groups in total. The normalized spacial score (nSPS) is 41.8. The van der Waals surface area contributed by atoms with Crippen LogP contribution in [0.4, 0.5) is 0 Å². The van der Waals surface area contributed by atoms with E-state index < -0.39 is 0 Å². The summed E-state index contributed by atoms with van der Waals surface area (Å²) in [5.74, 6) is 0.865. The number of hydrogen-bond acceptors (Lipinski definition) is 2. The average molecular weight is 238 g/mol. The maximum Gasteiger partial charge on any atom is 0.0250 e. The standard InChI is InChI=1S/C15H30N2/c1-12-9-10-13(2)17(11-12)15-8-6-4-3-5-7-14(15)16/h12-15H,3-11,16H2,1-2H3. The summed E-state index contributed by atoms with van der Waals surface area (Å²) < 4.78 is 0. The molecular formula is C15H30N2. The van der Waals surface area contributed by atoms with Crippen LogP contribution < -0.4 is 5.73 Å². The van der Waals surface area contributed by atoms with Crippen LogP contribution in [-0.2, 0) is 0 Å². The number of nitrogens with zero attached hydrogens (tertiary/aromatic N) is 1. The van der Waals surface area contributed by atoms with Crippen molar-refractivity contribution in [2.24, 2.45) is 11.7 Å². The van der Waals surface area contributed by atoms with Gasteiger partial charge in [0, 0.05) is 24.7 Å². The van der Waals surface area contributed by atoms with Gasteiger partial charge >= 0.3 is 0 Å². The lowest BCUT2D eigenvalue weighted by molar-refractivity contribution is 0.0538. The number of piperidine rings is 1. The zero-order chi connectivity index (χ0) is 12.3. The van der Waals surface area contributed by atoms with E-state index in [-0.39, 0.29) is 0 Å². The van der Waals surface area contributed by atoms with Gasteiger partial charge in [-0.15, -0.1) is 0 Å². The van der Waals surface area contributed by atoms with E-state index in [0.29, 0.717) is 12.1 Å². The predicted octanol–water partition coefficient (Wildman–Crippen LogP) is 3.16. The Kier molecular flexibility index (Phi) is 4.87. The molecule has 2 aliphatic rings. The van der Waals surface area contributed by atoms with E-state index in [4.69, 9.17) is 5.73 Å². The molecule has 1 saturated heterocycles. The molecule has 17 heavy (non-hydrogen) atoms. The second-order valence-corrected chi connectivity index (χ2v) is 6.45. The van der Waals surface area contributed by atoms with Crippen molar-refractivity contribution < 1.29 is 0 Å². The summed E-state index contributed by atoms with van der Waals surface area (Å²) in [6.45, 7) is 6.07. The lowest BCUT2D eigenvalue weighted by Gasteiger charge is -2.45. The monoisotopic (exact) mass is 238 g/mol. The Morgan fingerprint density at radius 1 is 0.882 bits per heavy atom. The molecule has 0 aromatic heterocycles. The summed E-state index contributed by atoms with van der Waals surface area (Å²) >= 11 is 0. The highest BCUT2D eigenvalue weighted by atomic mass is 15.2. The molecule has 100 valence electrons. The summed E-state index contributed by atoms with van der Waals surface area (Å²) in [5, 5.41) is 0. The van der Waals surface area contributed by atoms with Gasteiger partial charge < -0.3 is 5.73 Å². The van der Waals surface area contributed by atoms with Crippen molar-refractivity contribution in [3.63, 3.8) is 0 Å². The van der Waals surface area contributed by atoms with Crippen LogP contribution in [0.5, 0.6) is 0 Å². The van der Waals surface area contributed by atoms with Crippen LogP contribution in [0.25, 0.3) is 0 Å². The van der Waals surface area contributed by atoms with Gasteiger partial charge in [-0.3, -0.25) is 4.90 Å². The van der Waals surface area contributed by atoms with Gasteiger partial charge in [0.2, 0.25) is 0 Å². The highest BCUT2D eigenvalue weighted by Gasteiger charge is 2.32. The fourth-order valence-corrected chi connectivity index (χ4v) is 3.69. The van der Waals surface area contributed by atoms with Gasteiger partial charge in [-0.05, 0) is 38.5 Å². The van der Waals surface area contributed by atoms with Crippen molar-refractivity contribution in [2.45, 2.75) is 83.3 Å². The zero-order valence-corrected chi connectivity index (χ0v) is 11.7. The van der Waals surface area contributed by atoms with Crippen molar-refractivity contribution in [1.29, 1.82) is 0 Å². The van der Waals surface area contributed by atoms with Gasteiger partial charge in [0.1, 0.15) is 0 Å². The Hall–Kier alpha value is -0.0800. The summed E-state index contributed by atoms with van der Waals surface area (Å²) in [7, 11) is 0. The zero-order valence-electron chi connectivity index (χ0n) is 11.7. The molecule has 0 radical (unpaired) electrons. The number of likely N-dealkylation sites (tertiary alicyclic amines) is 1. The minimum absolute atomic E-state index is 0.419. The van der Waals surface area contributed by atoms with Gasteiger partial charge in [-0.25, -0.2) is 0 Å². The third-order valence-corrected chi connectivity index (χ3v) is 4.87. The molecule has 0 aromatic carbocycles. The number of nitrogens with two attached hydrogens (primary N) is 1. The van der Waals surface area contributed by atoms with Crippen molar-refractivity contribution in [2.75, 3.05) is 6.54 Å². The van der Waals surface area contributed by atoms with Crippen LogP contribution in [0, 0.1) is 5.92 Å². The van der Waals surface area contributed by atoms with Gasteiger partial charge in [0.15, 0.2) is 0 Å². The molecule has 1 aliphatic carbocycles. The maximum absolute atomic E-state index is 6.45. The lowest BCUT2D eigenvalue weighted by atomic mass is 9.87. The third-order valence-electron chi connectivity index (χ3n) is 4.87. The summed E-state index contributed by atoms with van der Waals surface area (Å²) in [4.78, 5) is 2.74. The van der Waals surface area contributed by atoms with E-state index in [2.05, 4.69) is 18.7 Å². The van der Waals surface area contributed by atoms with E-state index in [1.54, 1.807) is 0 Å². The van der Waals surface area contributed by atoms with Crippen LogP contribution >= 0.6 is 0 Å². The minimum atomic E-state index is 0.419. The first-order valence-corrected chi connectivity index (χ1v) is 7.70. The smallest absolute Gasteiger partial charge is 0.0250 e. The van der Waals surface area contributed by atoms with Gasteiger partial charge in [-0.1, -0.05) is 32.6 Å². The minimum Gasteiger partial charge on any atom is -0.326 e. The van der Waals surface area contributed by atoms with Crippen molar-refractivity contribution >= 4 is 0 Å². The Morgan fingerprint density at radius 3 is 2.35 bits per heavy atom. The largest absolute Gasteiger partial charge is 0.326 e. The summed E-state index contributed by atoms with van der Waals surface area (Å²) in [6.07, 6.45) is 10.9. The van der Waals surface area contributed by atoms with Crippen LogP contribution in [0.2, 0.25) is 0 Å². The molecule has 2 rings (SSSR count). The van der Waals surface area contributed by atoms with E-state index in [9.17, 15) is 0 Å². The Balaban J connectivity index is 2.00. The molecule has 0 spiro atoms. The first-order chi connectivity index (χ1) is 8.18. The third kappa shape index (κ3) is 3.45. The first kappa shape index (κ1) is 13.4. The van der Waals surface area contributed by atoms with E-state index in [0.717, 1.165) is 12.0 Å². The maximum atomic E-state index is 6.45. The Bertz CT molecular complexity index is 229. The fourth-order valence-electron chi connectivity index (χ4n) is 3.69.